The number of likely N-dealkylation sites (tertiary alicyclic amines) is 1. The van der Waals surface area contributed by atoms with E-state index >= 15 is 0 Å². The summed E-state index contributed by atoms with van der Waals surface area (Å²) in [7, 11) is 0. The molecule has 1 aliphatic heterocycles. The third-order valence-electron chi connectivity index (χ3n) is 6.05. The van der Waals surface area contributed by atoms with Crippen LogP contribution in [0.3, 0.4) is 0 Å². The van der Waals surface area contributed by atoms with Crippen LogP contribution in [0.5, 0.6) is 0 Å². The molecule has 0 N–H and O–H groups in total. The van der Waals surface area contributed by atoms with Crippen LogP contribution in [-0.2, 0) is 15.7 Å². The molecular weight excluding hydrogens is 451 g/mol. The van der Waals surface area contributed by atoms with Crippen LogP contribution in [0.25, 0.3) is 5.82 Å². The first-order valence-electron chi connectivity index (χ1n) is 11.4. The van der Waals surface area contributed by atoms with Gasteiger partial charge in [-0.25, -0.2) is 9.67 Å². The number of alkyl halides is 3. The number of carbonyl (C=O) groups is 2. The monoisotopic (exact) mass is 481 g/mol. The molecule has 2 aromatic heterocycles. The number of likely N-dealkylation sites (N-methyl/N-ethyl adjacent to an activating group) is 1. The number of nitrogens with zero attached hydrogens (tertiary/aromatic N) is 5. The second-order valence-electron chi connectivity index (χ2n) is 8.19. The van der Waals surface area contributed by atoms with E-state index < -0.39 is 11.7 Å². The molecule has 34 heavy (non-hydrogen) atoms. The second-order valence-corrected chi connectivity index (χ2v) is 8.19. The molecule has 3 rings (SSSR count). The highest BCUT2D eigenvalue weighted by molar-refractivity contribution is 5.95. The Morgan fingerprint density at radius 3 is 2.62 bits per heavy atom. The van der Waals surface area contributed by atoms with Gasteiger partial charge in [0.2, 0.25) is 0 Å². The number of halogens is 3. The zero-order chi connectivity index (χ0) is 24.9. The van der Waals surface area contributed by atoms with E-state index in [9.17, 15) is 22.8 Å². The zero-order valence-electron chi connectivity index (χ0n) is 19.6. The minimum Gasteiger partial charge on any atom is -0.466 e. The lowest BCUT2D eigenvalue weighted by Gasteiger charge is -2.30. The van der Waals surface area contributed by atoms with Gasteiger partial charge in [-0.05, 0) is 51.9 Å². The predicted octanol–water partition coefficient (Wildman–Crippen LogP) is 3.47. The first-order valence-corrected chi connectivity index (χ1v) is 11.4. The van der Waals surface area contributed by atoms with Gasteiger partial charge in [0.1, 0.15) is 0 Å². The van der Waals surface area contributed by atoms with Gasteiger partial charge in [0.25, 0.3) is 5.91 Å². The van der Waals surface area contributed by atoms with Crippen molar-refractivity contribution >= 4 is 11.9 Å². The molecule has 8 nitrogen and oxygen atoms in total. The molecule has 1 unspecified atom stereocenters. The van der Waals surface area contributed by atoms with E-state index in [0.717, 1.165) is 38.2 Å². The minimum absolute atomic E-state index is 0.0755. The van der Waals surface area contributed by atoms with E-state index in [1.807, 2.05) is 0 Å². The highest BCUT2D eigenvalue weighted by atomic mass is 19.4. The van der Waals surface area contributed by atoms with E-state index in [2.05, 4.69) is 21.9 Å². The van der Waals surface area contributed by atoms with Crippen molar-refractivity contribution in [2.75, 3.05) is 32.8 Å². The van der Waals surface area contributed by atoms with Crippen molar-refractivity contribution in [2.45, 2.75) is 52.3 Å². The van der Waals surface area contributed by atoms with Crippen molar-refractivity contribution in [2.24, 2.45) is 0 Å². The number of rotatable bonds is 9. The second kappa shape index (κ2) is 11.0. The number of hydrogen-bond donors (Lipinski definition) is 0. The van der Waals surface area contributed by atoms with Crippen molar-refractivity contribution in [1.29, 1.82) is 0 Å². The number of hydrogen-bond acceptors (Lipinski definition) is 6. The number of aromatic nitrogens is 3. The maximum Gasteiger partial charge on any atom is 0.417 e. The first kappa shape index (κ1) is 25.7. The topological polar surface area (TPSA) is 80.6 Å². The van der Waals surface area contributed by atoms with Gasteiger partial charge in [-0.3, -0.25) is 14.5 Å². The highest BCUT2D eigenvalue weighted by Gasteiger charge is 2.32. The van der Waals surface area contributed by atoms with E-state index in [-0.39, 0.29) is 43.3 Å². The number of carbonyl (C=O) groups excluding carboxylic acids is 2. The van der Waals surface area contributed by atoms with Gasteiger partial charge < -0.3 is 9.64 Å². The van der Waals surface area contributed by atoms with Gasteiger partial charge in [-0.1, -0.05) is 6.92 Å². The molecule has 0 aliphatic carbocycles. The van der Waals surface area contributed by atoms with Crippen molar-refractivity contribution in [3.8, 4) is 5.82 Å². The predicted molar refractivity (Wildman–Crippen MR) is 119 cm³/mol. The summed E-state index contributed by atoms with van der Waals surface area (Å²) >= 11 is 0. The van der Waals surface area contributed by atoms with Crippen LogP contribution in [0.15, 0.2) is 24.5 Å². The van der Waals surface area contributed by atoms with Crippen molar-refractivity contribution in [1.82, 2.24) is 24.6 Å². The first-order chi connectivity index (χ1) is 16.2. The molecule has 2 aromatic rings. The summed E-state index contributed by atoms with van der Waals surface area (Å²) in [5.41, 5.74) is -0.0942. The SMILES string of the molecule is CCOC(=O)CCN(CC1CCCN1CC)C(=O)c1cnn(-c2ccc(C(F)(F)F)cn2)c1C. The summed E-state index contributed by atoms with van der Waals surface area (Å²) in [5.74, 6) is -0.487. The van der Waals surface area contributed by atoms with Gasteiger partial charge in [-0.2, -0.15) is 18.3 Å². The minimum atomic E-state index is -4.49. The summed E-state index contributed by atoms with van der Waals surface area (Å²) in [4.78, 5) is 33.2. The van der Waals surface area contributed by atoms with Gasteiger partial charge in [0.05, 0.1) is 36.0 Å². The Morgan fingerprint density at radius 1 is 1.24 bits per heavy atom. The van der Waals surface area contributed by atoms with Crippen LogP contribution in [0.2, 0.25) is 0 Å². The lowest BCUT2D eigenvalue weighted by molar-refractivity contribution is -0.143. The van der Waals surface area contributed by atoms with Crippen LogP contribution < -0.4 is 0 Å². The van der Waals surface area contributed by atoms with Crippen molar-refractivity contribution in [3.05, 3.63) is 41.3 Å². The molecule has 0 aromatic carbocycles. The molecule has 1 aliphatic rings. The van der Waals surface area contributed by atoms with Crippen LogP contribution in [0.1, 0.15) is 54.7 Å². The molecule has 1 atom stereocenters. The fourth-order valence-corrected chi connectivity index (χ4v) is 4.21. The lowest BCUT2D eigenvalue weighted by Crippen LogP contribution is -2.44. The Bertz CT molecular complexity index is 991. The molecule has 1 fully saturated rings. The Hall–Kier alpha value is -2.95. The Balaban J connectivity index is 1.82. The van der Waals surface area contributed by atoms with Crippen molar-refractivity contribution in [3.63, 3.8) is 0 Å². The van der Waals surface area contributed by atoms with Gasteiger partial charge >= 0.3 is 12.1 Å². The smallest absolute Gasteiger partial charge is 0.417 e. The molecule has 1 saturated heterocycles. The highest BCUT2D eigenvalue weighted by Crippen LogP contribution is 2.29. The standard InChI is InChI=1S/C23H30F3N5O3/c1-4-29-11-6-7-18(29)15-30(12-10-21(32)34-5-2)22(33)19-14-28-31(16(19)3)20-9-8-17(13-27-20)23(24,25)26/h8-9,13-14,18H,4-7,10-12,15H2,1-3H3. The lowest BCUT2D eigenvalue weighted by atomic mass is 10.1. The number of amides is 1. The summed E-state index contributed by atoms with van der Waals surface area (Å²) in [5, 5.41) is 4.19. The quantitative estimate of drug-likeness (QED) is 0.511. The molecule has 0 radical (unpaired) electrons. The van der Waals surface area contributed by atoms with E-state index in [1.165, 1.54) is 16.9 Å². The third-order valence-corrected chi connectivity index (χ3v) is 6.05. The molecule has 0 saturated carbocycles. The van der Waals surface area contributed by atoms with Crippen LogP contribution >= 0.6 is 0 Å². The summed E-state index contributed by atoms with van der Waals surface area (Å²) in [6.07, 6.45) is -0.271. The summed E-state index contributed by atoms with van der Waals surface area (Å²) in [6.45, 7) is 8.25. The van der Waals surface area contributed by atoms with Gasteiger partial charge in [0.15, 0.2) is 5.82 Å². The average molecular weight is 482 g/mol. The normalized spacial score (nSPS) is 16.6. The zero-order valence-corrected chi connectivity index (χ0v) is 19.6. The fourth-order valence-electron chi connectivity index (χ4n) is 4.21. The van der Waals surface area contributed by atoms with Crippen LogP contribution in [-0.4, -0.2) is 75.3 Å². The van der Waals surface area contributed by atoms with Crippen LogP contribution in [0.4, 0.5) is 13.2 Å². The van der Waals surface area contributed by atoms with E-state index in [4.69, 9.17) is 4.74 Å². The molecule has 1 amide bonds. The molecule has 0 bridgehead atoms. The Kier molecular flexibility index (Phi) is 8.29. The maximum atomic E-state index is 13.5. The van der Waals surface area contributed by atoms with Gasteiger partial charge in [-0.15, -0.1) is 0 Å². The fraction of sp³-hybridized carbons (Fsp3) is 0.565. The largest absolute Gasteiger partial charge is 0.466 e. The maximum absolute atomic E-state index is 13.5. The molecule has 3 heterocycles. The van der Waals surface area contributed by atoms with E-state index in [0.29, 0.717) is 17.8 Å². The third kappa shape index (κ3) is 5.94. The Morgan fingerprint density at radius 2 is 2.00 bits per heavy atom. The number of esters is 1. The Labute approximate surface area is 196 Å². The average Bonchev–Trinajstić information content (AvgIpc) is 3.41. The molecule has 186 valence electrons. The van der Waals surface area contributed by atoms with Crippen molar-refractivity contribution < 1.29 is 27.5 Å². The van der Waals surface area contributed by atoms with Gasteiger partial charge in [0, 0.05) is 25.3 Å². The van der Waals surface area contributed by atoms with E-state index in [1.54, 1.807) is 18.7 Å². The molecule has 0 spiro atoms. The number of ether oxygens (including phenoxy) is 1. The summed E-state index contributed by atoms with van der Waals surface area (Å²) in [6, 6.07) is 2.34. The molecule has 11 heteroatoms. The number of pyridine rings is 1. The summed E-state index contributed by atoms with van der Waals surface area (Å²) < 4.78 is 44.9. The van der Waals surface area contributed by atoms with Crippen LogP contribution in [0, 0.1) is 6.92 Å². The molecular formula is C23H30F3N5O3.